The molecule has 0 bridgehead atoms. The zero-order valence-corrected chi connectivity index (χ0v) is 15.0. The molecule has 6 nitrogen and oxygen atoms in total. The Bertz CT molecular complexity index is 1040. The van der Waals surface area contributed by atoms with Gasteiger partial charge in [0.2, 0.25) is 11.5 Å². The zero-order chi connectivity index (χ0) is 19.6. The van der Waals surface area contributed by atoms with Gasteiger partial charge in [0.1, 0.15) is 0 Å². The minimum Gasteiger partial charge on any atom is -0.392 e. The molecule has 0 amide bonds. The van der Waals surface area contributed by atoms with Gasteiger partial charge in [0, 0.05) is 11.6 Å². The second kappa shape index (κ2) is 7.47. The molecular formula is C21H18N2O4. The SMILES string of the molecule is Cc1c(CO)cccc1-c1cccc(C(=O)c2cccc([N+](=O)[O-])n2)c1C. The lowest BCUT2D eigenvalue weighted by Gasteiger charge is -2.14. The molecule has 0 atom stereocenters. The Morgan fingerprint density at radius 2 is 1.63 bits per heavy atom. The van der Waals surface area contributed by atoms with Crippen LogP contribution in [0.25, 0.3) is 11.1 Å². The van der Waals surface area contributed by atoms with Crippen molar-refractivity contribution in [1.82, 2.24) is 4.98 Å². The van der Waals surface area contributed by atoms with Gasteiger partial charge >= 0.3 is 5.82 Å². The highest BCUT2D eigenvalue weighted by Gasteiger charge is 2.21. The summed E-state index contributed by atoms with van der Waals surface area (Å²) in [5, 5.41) is 20.4. The van der Waals surface area contributed by atoms with Gasteiger partial charge in [-0.05, 0) is 63.7 Å². The maximum atomic E-state index is 12.9. The lowest BCUT2D eigenvalue weighted by atomic mass is 9.90. The highest BCUT2D eigenvalue weighted by atomic mass is 16.6. The van der Waals surface area contributed by atoms with Crippen molar-refractivity contribution in [2.75, 3.05) is 0 Å². The predicted octanol–water partition coefficient (Wildman–Crippen LogP) is 4.00. The second-order valence-corrected chi connectivity index (χ2v) is 6.19. The molecule has 0 spiro atoms. The summed E-state index contributed by atoms with van der Waals surface area (Å²) in [5.41, 5.74) is 4.80. The van der Waals surface area contributed by atoms with E-state index in [0.29, 0.717) is 5.56 Å². The predicted molar refractivity (Wildman–Crippen MR) is 102 cm³/mol. The quantitative estimate of drug-likeness (QED) is 0.421. The number of aromatic nitrogens is 1. The van der Waals surface area contributed by atoms with E-state index in [9.17, 15) is 20.0 Å². The van der Waals surface area contributed by atoms with E-state index in [2.05, 4.69) is 4.98 Å². The third kappa shape index (κ3) is 3.47. The Morgan fingerprint density at radius 3 is 2.30 bits per heavy atom. The number of ketones is 1. The highest BCUT2D eigenvalue weighted by molar-refractivity contribution is 6.09. The van der Waals surface area contributed by atoms with Gasteiger partial charge in [0.05, 0.1) is 6.61 Å². The summed E-state index contributed by atoms with van der Waals surface area (Å²) in [6, 6.07) is 15.2. The van der Waals surface area contributed by atoms with E-state index >= 15 is 0 Å². The van der Waals surface area contributed by atoms with E-state index in [-0.39, 0.29) is 23.9 Å². The fourth-order valence-electron chi connectivity index (χ4n) is 3.11. The maximum Gasteiger partial charge on any atom is 0.364 e. The minimum absolute atomic E-state index is 0.0327. The van der Waals surface area contributed by atoms with Gasteiger partial charge in [-0.25, -0.2) is 0 Å². The summed E-state index contributed by atoms with van der Waals surface area (Å²) >= 11 is 0. The molecule has 6 heteroatoms. The summed E-state index contributed by atoms with van der Waals surface area (Å²) < 4.78 is 0. The maximum absolute atomic E-state index is 12.9. The third-order valence-corrected chi connectivity index (χ3v) is 4.64. The van der Waals surface area contributed by atoms with Crippen molar-refractivity contribution in [2.24, 2.45) is 0 Å². The molecule has 0 fully saturated rings. The summed E-state index contributed by atoms with van der Waals surface area (Å²) in [6.07, 6.45) is 0. The van der Waals surface area contributed by atoms with E-state index in [0.717, 1.165) is 27.8 Å². The monoisotopic (exact) mass is 362 g/mol. The summed E-state index contributed by atoms with van der Waals surface area (Å²) in [4.78, 5) is 27.1. The summed E-state index contributed by atoms with van der Waals surface area (Å²) in [6.45, 7) is 3.71. The first kappa shape index (κ1) is 18.4. The van der Waals surface area contributed by atoms with Gasteiger partial charge < -0.3 is 15.2 Å². The van der Waals surface area contributed by atoms with Crippen LogP contribution in [0.1, 0.15) is 32.7 Å². The van der Waals surface area contributed by atoms with Crippen LogP contribution in [0.3, 0.4) is 0 Å². The first-order valence-electron chi connectivity index (χ1n) is 8.39. The number of carbonyl (C=O) groups is 1. The first-order chi connectivity index (χ1) is 12.9. The molecule has 1 aromatic heterocycles. The fraction of sp³-hybridized carbons (Fsp3) is 0.143. The Kier molecular flexibility index (Phi) is 5.09. The van der Waals surface area contributed by atoms with Gasteiger partial charge in [-0.2, -0.15) is 0 Å². The number of hydrogen-bond donors (Lipinski definition) is 1. The fourth-order valence-corrected chi connectivity index (χ4v) is 3.11. The molecule has 0 aliphatic carbocycles. The molecule has 3 rings (SSSR count). The van der Waals surface area contributed by atoms with Crippen molar-refractivity contribution >= 4 is 11.6 Å². The van der Waals surface area contributed by atoms with E-state index in [4.69, 9.17) is 0 Å². The molecule has 0 unspecified atom stereocenters. The number of pyridine rings is 1. The van der Waals surface area contributed by atoms with Crippen molar-refractivity contribution in [1.29, 1.82) is 0 Å². The number of nitrogens with zero attached hydrogens (tertiary/aromatic N) is 2. The van der Waals surface area contributed by atoms with Crippen molar-refractivity contribution in [3.63, 3.8) is 0 Å². The van der Waals surface area contributed by atoms with E-state index < -0.39 is 4.92 Å². The van der Waals surface area contributed by atoms with Crippen molar-refractivity contribution in [3.05, 3.63) is 92.7 Å². The van der Waals surface area contributed by atoms with Crippen LogP contribution in [0.2, 0.25) is 0 Å². The van der Waals surface area contributed by atoms with Crippen LogP contribution in [0.4, 0.5) is 5.82 Å². The largest absolute Gasteiger partial charge is 0.392 e. The van der Waals surface area contributed by atoms with Crippen LogP contribution in [-0.2, 0) is 6.61 Å². The van der Waals surface area contributed by atoms with Gasteiger partial charge in [0.25, 0.3) is 0 Å². The van der Waals surface area contributed by atoms with Crippen molar-refractivity contribution in [2.45, 2.75) is 20.5 Å². The van der Waals surface area contributed by atoms with Gasteiger partial charge in [-0.3, -0.25) is 4.79 Å². The first-order valence-corrected chi connectivity index (χ1v) is 8.39. The van der Waals surface area contributed by atoms with E-state index in [1.807, 2.05) is 38.1 Å². The molecule has 3 aromatic rings. The summed E-state index contributed by atoms with van der Waals surface area (Å²) in [5.74, 6) is -0.727. The van der Waals surface area contributed by atoms with Crippen LogP contribution in [0, 0.1) is 24.0 Å². The molecule has 0 radical (unpaired) electrons. The molecule has 0 aliphatic heterocycles. The van der Waals surface area contributed by atoms with Crippen LogP contribution >= 0.6 is 0 Å². The lowest BCUT2D eigenvalue weighted by molar-refractivity contribution is -0.389. The van der Waals surface area contributed by atoms with Crippen LogP contribution in [0.15, 0.2) is 54.6 Å². The Labute approximate surface area is 156 Å². The van der Waals surface area contributed by atoms with Crippen molar-refractivity contribution < 1.29 is 14.8 Å². The molecular weight excluding hydrogens is 344 g/mol. The number of benzene rings is 2. The van der Waals surface area contributed by atoms with Crippen LogP contribution < -0.4 is 0 Å². The van der Waals surface area contributed by atoms with E-state index in [1.54, 1.807) is 12.1 Å². The van der Waals surface area contributed by atoms with Gasteiger partial charge in [0.15, 0.2) is 0 Å². The van der Waals surface area contributed by atoms with Crippen LogP contribution in [-0.4, -0.2) is 20.8 Å². The number of nitro groups is 1. The zero-order valence-electron chi connectivity index (χ0n) is 15.0. The minimum atomic E-state index is -0.621. The topological polar surface area (TPSA) is 93.3 Å². The average molecular weight is 362 g/mol. The standard InChI is InChI=1S/C21H18N2O4/c1-13-15(12-24)6-3-7-16(13)17-8-4-9-18(14(17)2)21(25)19-10-5-11-20(22-19)23(26)27/h3-11,24H,12H2,1-2H3. The smallest absolute Gasteiger partial charge is 0.364 e. The number of hydrogen-bond acceptors (Lipinski definition) is 5. The normalized spacial score (nSPS) is 10.6. The number of aliphatic hydroxyl groups is 1. The molecule has 27 heavy (non-hydrogen) atoms. The summed E-state index contributed by atoms with van der Waals surface area (Å²) in [7, 11) is 0. The molecule has 0 aliphatic rings. The third-order valence-electron chi connectivity index (χ3n) is 4.64. The Morgan fingerprint density at radius 1 is 1.00 bits per heavy atom. The number of carbonyl (C=O) groups excluding carboxylic acids is 1. The van der Waals surface area contributed by atoms with E-state index in [1.165, 1.54) is 18.2 Å². The van der Waals surface area contributed by atoms with Crippen LogP contribution in [0.5, 0.6) is 0 Å². The number of rotatable bonds is 5. The molecule has 0 saturated heterocycles. The van der Waals surface area contributed by atoms with Crippen molar-refractivity contribution in [3.8, 4) is 11.1 Å². The molecule has 0 saturated carbocycles. The Hall–Kier alpha value is -3.38. The molecule has 1 N–H and O–H groups in total. The second-order valence-electron chi connectivity index (χ2n) is 6.19. The van der Waals surface area contributed by atoms with Gasteiger partial charge in [-0.1, -0.05) is 36.4 Å². The molecule has 1 heterocycles. The Balaban J connectivity index is 2.10. The number of aliphatic hydroxyl groups excluding tert-OH is 1. The van der Waals surface area contributed by atoms with Gasteiger partial charge in [-0.15, -0.1) is 0 Å². The highest BCUT2D eigenvalue weighted by Crippen LogP contribution is 2.31. The molecule has 136 valence electrons. The average Bonchev–Trinajstić information content (AvgIpc) is 2.68. The molecule has 2 aromatic carbocycles. The lowest BCUT2D eigenvalue weighted by Crippen LogP contribution is -2.08.